The van der Waals surface area contributed by atoms with E-state index in [0.29, 0.717) is 6.61 Å². The molecule has 0 aliphatic carbocycles. The molecule has 0 unspecified atom stereocenters. The molecule has 0 spiro atoms. The smallest absolute Gasteiger partial charge is 0.269 e. The molecule has 2 atom stereocenters. The number of nitro benzene ring substituents is 1. The molecule has 2 aromatic rings. The summed E-state index contributed by atoms with van der Waals surface area (Å²) >= 11 is 4.58. The van der Waals surface area contributed by atoms with Crippen molar-refractivity contribution in [3.05, 3.63) is 70.0 Å². The second-order valence-electron chi connectivity index (χ2n) is 5.87. The average Bonchev–Trinajstić information content (AvgIpc) is 2.93. The molecule has 0 bridgehead atoms. The van der Waals surface area contributed by atoms with Gasteiger partial charge in [-0.15, -0.1) is 0 Å². The van der Waals surface area contributed by atoms with Gasteiger partial charge in [0.15, 0.2) is 0 Å². The van der Waals surface area contributed by atoms with Crippen LogP contribution in [0.15, 0.2) is 48.7 Å². The van der Waals surface area contributed by atoms with Gasteiger partial charge in [0.05, 0.1) is 11.5 Å². The lowest BCUT2D eigenvalue weighted by Gasteiger charge is -2.23. The van der Waals surface area contributed by atoms with Crippen LogP contribution in [0.2, 0.25) is 0 Å². The Morgan fingerprint density at radius 1 is 1.29 bits per heavy atom. The lowest BCUT2D eigenvalue weighted by Crippen LogP contribution is -2.31. The van der Waals surface area contributed by atoms with E-state index in [1.807, 2.05) is 23.3 Å². The number of pyridine rings is 1. The molecule has 1 fully saturated rings. The van der Waals surface area contributed by atoms with Gasteiger partial charge in [0.2, 0.25) is 0 Å². The number of nitro groups is 1. The molecule has 0 radical (unpaired) electrons. The lowest BCUT2D eigenvalue weighted by molar-refractivity contribution is -0.384. The van der Waals surface area contributed by atoms with E-state index in [1.165, 1.54) is 12.1 Å². The molecule has 0 saturated carbocycles. The SMILES string of the molecule is O=[N+]([O-])c1ccc(CON2C[C@@H](S)C[C@H]2Cc2ccccn2)cc1. The van der Waals surface area contributed by atoms with Crippen molar-refractivity contribution in [2.24, 2.45) is 0 Å². The number of non-ortho nitro benzene ring substituents is 1. The molecule has 1 aliphatic heterocycles. The molecule has 7 heteroatoms. The Balaban J connectivity index is 1.59. The first kappa shape index (κ1) is 16.9. The highest BCUT2D eigenvalue weighted by molar-refractivity contribution is 7.81. The molecule has 0 amide bonds. The van der Waals surface area contributed by atoms with Crippen LogP contribution in [0.3, 0.4) is 0 Å². The van der Waals surface area contributed by atoms with Crippen molar-refractivity contribution in [3.63, 3.8) is 0 Å². The minimum atomic E-state index is -0.403. The van der Waals surface area contributed by atoms with Crippen molar-refractivity contribution in [3.8, 4) is 0 Å². The summed E-state index contributed by atoms with van der Waals surface area (Å²) in [7, 11) is 0. The Bertz CT molecular complexity index is 681. The lowest BCUT2D eigenvalue weighted by atomic mass is 10.1. The number of hydroxylamine groups is 2. The van der Waals surface area contributed by atoms with Gasteiger partial charge in [-0.05, 0) is 36.2 Å². The molecule has 24 heavy (non-hydrogen) atoms. The molecular formula is C17H19N3O3S. The molecular weight excluding hydrogens is 326 g/mol. The van der Waals surface area contributed by atoms with Crippen LogP contribution in [-0.4, -0.2) is 32.8 Å². The third kappa shape index (κ3) is 4.31. The fraction of sp³-hybridized carbons (Fsp3) is 0.353. The van der Waals surface area contributed by atoms with Crippen LogP contribution in [0.25, 0.3) is 0 Å². The fourth-order valence-corrected chi connectivity index (χ4v) is 3.24. The second-order valence-corrected chi connectivity index (χ2v) is 6.60. The summed E-state index contributed by atoms with van der Waals surface area (Å²) in [5.74, 6) is 0. The first-order valence-corrected chi connectivity index (χ1v) is 8.34. The molecule has 1 saturated heterocycles. The number of hydrogen-bond acceptors (Lipinski definition) is 6. The first-order valence-electron chi connectivity index (χ1n) is 7.82. The Hall–Kier alpha value is -1.96. The Morgan fingerprint density at radius 2 is 2.08 bits per heavy atom. The van der Waals surface area contributed by atoms with Crippen molar-refractivity contribution in [2.45, 2.75) is 30.7 Å². The van der Waals surface area contributed by atoms with Crippen molar-refractivity contribution >= 4 is 18.3 Å². The largest absolute Gasteiger partial charge is 0.294 e. The standard InChI is InChI=1S/C17H19N3O3S/c21-20(22)15-6-4-13(5-7-15)12-23-19-11-17(24)10-16(19)9-14-3-1-2-8-18-14/h1-8,16-17,24H,9-12H2/t16-,17+/m1/s1. The number of hydrogen-bond donors (Lipinski definition) is 1. The molecule has 126 valence electrons. The van der Waals surface area contributed by atoms with E-state index in [1.54, 1.807) is 18.3 Å². The minimum absolute atomic E-state index is 0.0865. The molecule has 6 nitrogen and oxygen atoms in total. The van der Waals surface area contributed by atoms with Gasteiger partial charge in [-0.25, -0.2) is 0 Å². The van der Waals surface area contributed by atoms with Gasteiger partial charge in [-0.2, -0.15) is 17.7 Å². The molecule has 3 rings (SSSR count). The van der Waals surface area contributed by atoms with Crippen LogP contribution in [-0.2, 0) is 17.9 Å². The number of aromatic nitrogens is 1. The van der Waals surface area contributed by atoms with E-state index in [9.17, 15) is 10.1 Å². The highest BCUT2D eigenvalue weighted by Crippen LogP contribution is 2.25. The van der Waals surface area contributed by atoms with Crippen molar-refractivity contribution in [1.82, 2.24) is 10.0 Å². The highest BCUT2D eigenvalue weighted by atomic mass is 32.1. The van der Waals surface area contributed by atoms with Crippen LogP contribution in [0, 0.1) is 10.1 Å². The maximum atomic E-state index is 10.7. The summed E-state index contributed by atoms with van der Waals surface area (Å²) in [5.41, 5.74) is 2.03. The van der Waals surface area contributed by atoms with E-state index in [0.717, 1.165) is 30.6 Å². The normalized spacial score (nSPS) is 21.0. The van der Waals surface area contributed by atoms with Gasteiger partial charge in [-0.1, -0.05) is 6.07 Å². The van der Waals surface area contributed by atoms with Gasteiger partial charge in [0, 0.05) is 48.3 Å². The number of benzene rings is 1. The molecule has 0 N–H and O–H groups in total. The van der Waals surface area contributed by atoms with Gasteiger partial charge in [-0.3, -0.25) is 19.9 Å². The summed E-state index contributed by atoms with van der Waals surface area (Å²) in [5, 5.41) is 12.9. The van der Waals surface area contributed by atoms with Crippen LogP contribution < -0.4 is 0 Å². The van der Waals surface area contributed by atoms with Crippen LogP contribution in [0.1, 0.15) is 17.7 Å². The second kappa shape index (κ2) is 7.74. The van der Waals surface area contributed by atoms with Crippen LogP contribution >= 0.6 is 12.6 Å². The third-order valence-corrected chi connectivity index (χ3v) is 4.43. The molecule has 1 aromatic heterocycles. The number of nitrogens with zero attached hydrogens (tertiary/aromatic N) is 3. The minimum Gasteiger partial charge on any atom is -0.294 e. The monoisotopic (exact) mass is 345 g/mol. The Morgan fingerprint density at radius 3 is 2.75 bits per heavy atom. The molecule has 1 aromatic carbocycles. The van der Waals surface area contributed by atoms with E-state index in [4.69, 9.17) is 4.84 Å². The third-order valence-electron chi connectivity index (χ3n) is 4.06. The first-order chi connectivity index (χ1) is 11.6. The summed E-state index contributed by atoms with van der Waals surface area (Å²) < 4.78 is 0. The maximum absolute atomic E-state index is 10.7. The van der Waals surface area contributed by atoms with Crippen molar-refractivity contribution < 1.29 is 9.76 Å². The molecule has 2 heterocycles. The summed E-state index contributed by atoms with van der Waals surface area (Å²) in [4.78, 5) is 20.6. The Kier molecular flexibility index (Phi) is 5.44. The van der Waals surface area contributed by atoms with E-state index in [-0.39, 0.29) is 17.0 Å². The van der Waals surface area contributed by atoms with Gasteiger partial charge < -0.3 is 0 Å². The van der Waals surface area contributed by atoms with Gasteiger partial charge in [0.1, 0.15) is 0 Å². The van der Waals surface area contributed by atoms with E-state index < -0.39 is 4.92 Å². The predicted octanol–water partition coefficient (Wildman–Crippen LogP) is 3.04. The van der Waals surface area contributed by atoms with Crippen LogP contribution in [0.5, 0.6) is 0 Å². The molecule has 1 aliphatic rings. The van der Waals surface area contributed by atoms with Crippen LogP contribution in [0.4, 0.5) is 5.69 Å². The summed E-state index contributed by atoms with van der Waals surface area (Å²) in [6.45, 7) is 1.14. The van der Waals surface area contributed by atoms with Crippen molar-refractivity contribution in [2.75, 3.05) is 6.54 Å². The number of thiol groups is 1. The summed E-state index contributed by atoms with van der Waals surface area (Å²) in [6.07, 6.45) is 3.56. The van der Waals surface area contributed by atoms with Gasteiger partial charge in [0.25, 0.3) is 5.69 Å². The number of rotatable bonds is 6. The maximum Gasteiger partial charge on any atom is 0.269 e. The van der Waals surface area contributed by atoms with E-state index >= 15 is 0 Å². The van der Waals surface area contributed by atoms with Crippen molar-refractivity contribution in [1.29, 1.82) is 0 Å². The van der Waals surface area contributed by atoms with E-state index in [2.05, 4.69) is 17.6 Å². The zero-order valence-electron chi connectivity index (χ0n) is 13.1. The fourth-order valence-electron chi connectivity index (χ4n) is 2.84. The predicted molar refractivity (Wildman–Crippen MR) is 93.7 cm³/mol. The quantitative estimate of drug-likeness (QED) is 0.495. The van der Waals surface area contributed by atoms with Gasteiger partial charge >= 0.3 is 0 Å². The Labute approximate surface area is 146 Å². The summed E-state index contributed by atoms with van der Waals surface area (Å²) in [6, 6.07) is 12.6. The zero-order valence-corrected chi connectivity index (χ0v) is 14.0. The highest BCUT2D eigenvalue weighted by Gasteiger charge is 2.31. The average molecular weight is 345 g/mol. The topological polar surface area (TPSA) is 68.5 Å². The zero-order chi connectivity index (χ0) is 16.9.